The molecule has 2 aromatic rings. The highest BCUT2D eigenvalue weighted by Gasteiger charge is 2.58. The number of allylic oxidation sites excluding steroid dienone is 1. The van der Waals surface area contributed by atoms with Gasteiger partial charge in [-0.15, -0.1) is 11.3 Å². The standard InChI is InChI=1S/C25H32N2O2S/c1-24-9-7-16(28)12-15(24)5-6-18-19(24)8-10-25(2)20(18)13-21-22(25)27-23(30-21)26-14-17-4-3-11-29-17/h3-5,11,16,18-20,28H,6-10,12-14H2,1-2H3,(H,26,27)/t16-,18+,19-,20-,24-,25-/m0/s1. The SMILES string of the molecule is C[C@]12CC[C@H](O)CC1=CC[C@@H]1[C@@H]2CC[C@]2(C)c3nc(NCc4ccco4)sc3C[C@@H]12. The van der Waals surface area contributed by atoms with Gasteiger partial charge >= 0.3 is 0 Å². The molecular weight excluding hydrogens is 392 g/mol. The summed E-state index contributed by atoms with van der Waals surface area (Å²) in [5.41, 5.74) is 3.45. The molecule has 6 rings (SSSR count). The smallest absolute Gasteiger partial charge is 0.183 e. The fourth-order valence-electron chi connectivity index (χ4n) is 7.42. The van der Waals surface area contributed by atoms with E-state index in [1.165, 1.54) is 36.3 Å². The Morgan fingerprint density at radius 3 is 2.90 bits per heavy atom. The molecule has 0 radical (unpaired) electrons. The molecule has 6 atom stereocenters. The lowest BCUT2D eigenvalue weighted by atomic mass is 9.48. The molecule has 30 heavy (non-hydrogen) atoms. The van der Waals surface area contributed by atoms with E-state index in [1.54, 1.807) is 11.8 Å². The lowest BCUT2D eigenvalue weighted by Gasteiger charge is -2.57. The van der Waals surface area contributed by atoms with E-state index < -0.39 is 0 Å². The van der Waals surface area contributed by atoms with Crippen LogP contribution < -0.4 is 5.32 Å². The van der Waals surface area contributed by atoms with Crippen molar-refractivity contribution in [3.63, 3.8) is 0 Å². The van der Waals surface area contributed by atoms with Gasteiger partial charge in [0.25, 0.3) is 0 Å². The van der Waals surface area contributed by atoms with E-state index in [0.29, 0.717) is 17.9 Å². The summed E-state index contributed by atoms with van der Waals surface area (Å²) in [5, 5.41) is 14.7. The van der Waals surface area contributed by atoms with E-state index in [0.717, 1.165) is 42.0 Å². The van der Waals surface area contributed by atoms with Gasteiger partial charge in [0.15, 0.2) is 5.13 Å². The van der Waals surface area contributed by atoms with Crippen LogP contribution in [0.2, 0.25) is 0 Å². The Bertz CT molecular complexity index is 979. The Labute approximate surface area is 182 Å². The van der Waals surface area contributed by atoms with E-state index in [-0.39, 0.29) is 11.5 Å². The highest BCUT2D eigenvalue weighted by atomic mass is 32.1. The Morgan fingerprint density at radius 1 is 1.20 bits per heavy atom. The third-order valence-electron chi connectivity index (χ3n) is 9.11. The summed E-state index contributed by atoms with van der Waals surface area (Å²) < 4.78 is 5.45. The number of aromatic nitrogens is 1. The molecule has 4 aliphatic carbocycles. The predicted molar refractivity (Wildman–Crippen MR) is 120 cm³/mol. The third kappa shape index (κ3) is 2.70. The molecule has 2 N–H and O–H groups in total. The zero-order valence-corrected chi connectivity index (χ0v) is 18.8. The molecule has 0 aliphatic heterocycles. The first-order valence-electron chi connectivity index (χ1n) is 11.6. The molecule has 2 heterocycles. The summed E-state index contributed by atoms with van der Waals surface area (Å²) in [6, 6.07) is 3.93. The van der Waals surface area contributed by atoms with Crippen molar-refractivity contribution in [2.45, 2.75) is 76.9 Å². The van der Waals surface area contributed by atoms with Crippen molar-refractivity contribution in [1.29, 1.82) is 0 Å². The summed E-state index contributed by atoms with van der Waals surface area (Å²) in [6.45, 7) is 5.69. The van der Waals surface area contributed by atoms with Gasteiger partial charge in [0.1, 0.15) is 5.76 Å². The maximum atomic E-state index is 10.2. The van der Waals surface area contributed by atoms with Crippen molar-refractivity contribution in [3.05, 3.63) is 46.4 Å². The zero-order chi connectivity index (χ0) is 20.5. The minimum absolute atomic E-state index is 0.121. The maximum Gasteiger partial charge on any atom is 0.183 e. The van der Waals surface area contributed by atoms with Crippen molar-refractivity contribution >= 4 is 16.5 Å². The number of thiazole rings is 1. The van der Waals surface area contributed by atoms with Crippen LogP contribution in [0.5, 0.6) is 0 Å². The number of furan rings is 1. The molecule has 2 saturated carbocycles. The molecule has 0 amide bonds. The molecule has 2 aromatic heterocycles. The Kier molecular flexibility index (Phi) is 4.27. The molecule has 4 aliphatic rings. The normalized spacial score (nSPS) is 39.5. The molecule has 0 saturated heterocycles. The molecule has 0 bridgehead atoms. The largest absolute Gasteiger partial charge is 0.467 e. The average molecular weight is 425 g/mol. The van der Waals surface area contributed by atoms with Crippen LogP contribution in [-0.4, -0.2) is 16.2 Å². The predicted octanol–water partition coefficient (Wildman–Crippen LogP) is 5.69. The summed E-state index contributed by atoms with van der Waals surface area (Å²) in [5.74, 6) is 3.19. The molecular formula is C25H32N2O2S. The Hall–Kier alpha value is -1.59. The third-order valence-corrected chi connectivity index (χ3v) is 10.1. The number of hydrogen-bond acceptors (Lipinski definition) is 5. The molecule has 0 unspecified atom stereocenters. The molecule has 4 nitrogen and oxygen atoms in total. The van der Waals surface area contributed by atoms with Crippen LogP contribution in [-0.2, 0) is 18.4 Å². The van der Waals surface area contributed by atoms with Gasteiger partial charge in [-0.25, -0.2) is 4.98 Å². The molecule has 160 valence electrons. The van der Waals surface area contributed by atoms with E-state index >= 15 is 0 Å². The first-order valence-corrected chi connectivity index (χ1v) is 12.4. The van der Waals surface area contributed by atoms with Crippen LogP contribution in [0, 0.1) is 23.2 Å². The summed E-state index contributed by atoms with van der Waals surface area (Å²) >= 11 is 1.86. The van der Waals surface area contributed by atoms with Crippen molar-refractivity contribution in [3.8, 4) is 0 Å². The van der Waals surface area contributed by atoms with E-state index in [9.17, 15) is 5.11 Å². The van der Waals surface area contributed by atoms with Gasteiger partial charge < -0.3 is 14.8 Å². The number of nitrogens with one attached hydrogen (secondary N) is 1. The lowest BCUT2D eigenvalue weighted by Crippen LogP contribution is -2.51. The number of fused-ring (bicyclic) bond motifs is 7. The van der Waals surface area contributed by atoms with Gasteiger partial charge in [0.05, 0.1) is 24.6 Å². The highest BCUT2D eigenvalue weighted by molar-refractivity contribution is 7.15. The van der Waals surface area contributed by atoms with Gasteiger partial charge in [0, 0.05) is 10.3 Å². The van der Waals surface area contributed by atoms with Crippen molar-refractivity contribution in [2.75, 3.05) is 5.32 Å². The van der Waals surface area contributed by atoms with Gasteiger partial charge in [-0.05, 0) is 80.2 Å². The van der Waals surface area contributed by atoms with Gasteiger partial charge in [0.2, 0.25) is 0 Å². The van der Waals surface area contributed by atoms with Gasteiger partial charge in [-0.3, -0.25) is 0 Å². The number of aliphatic hydroxyl groups excluding tert-OH is 1. The number of nitrogens with zero attached hydrogens (tertiary/aromatic N) is 1. The second kappa shape index (κ2) is 6.70. The second-order valence-electron chi connectivity index (χ2n) is 10.5. The Balaban J connectivity index is 1.25. The first kappa shape index (κ1) is 19.1. The quantitative estimate of drug-likeness (QED) is 0.622. The van der Waals surface area contributed by atoms with Crippen LogP contribution in [0.25, 0.3) is 0 Å². The minimum Gasteiger partial charge on any atom is -0.467 e. The molecule has 5 heteroatoms. The zero-order valence-electron chi connectivity index (χ0n) is 18.0. The first-order chi connectivity index (χ1) is 14.5. The molecule has 2 fully saturated rings. The number of hydrogen-bond donors (Lipinski definition) is 2. The van der Waals surface area contributed by atoms with E-state index in [2.05, 4.69) is 25.2 Å². The van der Waals surface area contributed by atoms with Gasteiger partial charge in [-0.2, -0.15) is 0 Å². The summed E-state index contributed by atoms with van der Waals surface area (Å²) in [7, 11) is 0. The van der Waals surface area contributed by atoms with Crippen LogP contribution in [0.1, 0.15) is 68.7 Å². The summed E-state index contributed by atoms with van der Waals surface area (Å²) in [6.07, 6.45) is 12.1. The van der Waals surface area contributed by atoms with E-state index in [4.69, 9.17) is 9.40 Å². The highest BCUT2D eigenvalue weighted by Crippen LogP contribution is 2.64. The number of aliphatic hydroxyl groups is 1. The topological polar surface area (TPSA) is 58.3 Å². The molecule has 0 aromatic carbocycles. The lowest BCUT2D eigenvalue weighted by molar-refractivity contribution is -0.0169. The van der Waals surface area contributed by atoms with Crippen LogP contribution in [0.3, 0.4) is 0 Å². The van der Waals surface area contributed by atoms with E-state index in [1.807, 2.05) is 23.5 Å². The number of rotatable bonds is 3. The fraction of sp³-hybridized carbons (Fsp3) is 0.640. The van der Waals surface area contributed by atoms with Crippen LogP contribution in [0.4, 0.5) is 5.13 Å². The van der Waals surface area contributed by atoms with Gasteiger partial charge in [-0.1, -0.05) is 25.5 Å². The monoisotopic (exact) mass is 424 g/mol. The van der Waals surface area contributed by atoms with Crippen molar-refractivity contribution < 1.29 is 9.52 Å². The summed E-state index contributed by atoms with van der Waals surface area (Å²) in [4.78, 5) is 6.61. The Morgan fingerprint density at radius 2 is 2.07 bits per heavy atom. The second-order valence-corrected chi connectivity index (χ2v) is 11.6. The fourth-order valence-corrected chi connectivity index (χ4v) is 8.57. The number of anilines is 1. The minimum atomic E-state index is -0.121. The van der Waals surface area contributed by atoms with Crippen LogP contribution >= 0.6 is 11.3 Å². The van der Waals surface area contributed by atoms with Crippen molar-refractivity contribution in [2.24, 2.45) is 23.2 Å². The van der Waals surface area contributed by atoms with Crippen LogP contribution in [0.15, 0.2) is 34.5 Å². The maximum absolute atomic E-state index is 10.2. The average Bonchev–Trinajstić information content (AvgIpc) is 3.43. The molecule has 0 spiro atoms. The van der Waals surface area contributed by atoms with Crippen molar-refractivity contribution in [1.82, 2.24) is 4.98 Å².